The van der Waals surface area contributed by atoms with Crippen molar-refractivity contribution in [2.45, 2.75) is 39.7 Å². The third kappa shape index (κ3) is 3.38. The van der Waals surface area contributed by atoms with Gasteiger partial charge in [0.05, 0.1) is 0 Å². The van der Waals surface area contributed by atoms with Gasteiger partial charge in [-0.3, -0.25) is 14.4 Å². The molecule has 1 N–H and O–H groups in total. The van der Waals surface area contributed by atoms with Gasteiger partial charge < -0.3 is 9.67 Å². The van der Waals surface area contributed by atoms with Crippen LogP contribution in [0.1, 0.15) is 53.8 Å². The summed E-state index contributed by atoms with van der Waals surface area (Å²) in [6, 6.07) is 11.2. The minimum Gasteiger partial charge on any atom is -0.481 e. The number of aromatic nitrogens is 1. The molecule has 0 aliphatic carbocycles. The Morgan fingerprint density at radius 1 is 0.846 bits per heavy atom. The molecule has 0 radical (unpaired) electrons. The first-order chi connectivity index (χ1) is 12.4. The topological polar surface area (TPSA) is 76.4 Å². The Kier molecular flexibility index (Phi) is 4.89. The maximum atomic E-state index is 11.8. The van der Waals surface area contributed by atoms with Crippen LogP contribution in [0.2, 0.25) is 0 Å². The lowest BCUT2D eigenvalue weighted by molar-refractivity contribution is -0.137. The van der Waals surface area contributed by atoms with Crippen LogP contribution >= 0.6 is 0 Å². The van der Waals surface area contributed by atoms with Crippen molar-refractivity contribution in [2.75, 3.05) is 0 Å². The molecule has 3 rings (SSSR count). The molecule has 0 unspecified atom stereocenters. The number of Topliss-reactive ketones (excluding diaryl/α,β-unsaturated/α-hetero) is 2. The average Bonchev–Trinajstić information content (AvgIpc) is 2.91. The Morgan fingerprint density at radius 3 is 1.77 bits per heavy atom. The zero-order valence-corrected chi connectivity index (χ0v) is 14.9. The third-order valence-electron chi connectivity index (χ3n) is 4.70. The highest BCUT2D eigenvalue weighted by atomic mass is 16.4. The fourth-order valence-electron chi connectivity index (χ4n) is 3.33. The molecule has 0 bridgehead atoms. The number of aryl methyl sites for hydroxylation is 1. The zero-order chi connectivity index (χ0) is 18.8. The largest absolute Gasteiger partial charge is 0.481 e. The molecule has 5 heteroatoms. The van der Waals surface area contributed by atoms with Crippen molar-refractivity contribution < 1.29 is 19.5 Å². The standard InChI is InChI=1S/C21H21NO4/c1-13(23)15-6-8-19-17(11-15)18-12-16(14(2)24)7-9-20(18)22(19)10-4-3-5-21(25)26/h6-9,11-12H,3-5,10H2,1-2H3,(H,25,26). The predicted molar refractivity (Wildman–Crippen MR) is 101 cm³/mol. The Labute approximate surface area is 151 Å². The van der Waals surface area contributed by atoms with E-state index in [4.69, 9.17) is 5.11 Å². The quantitative estimate of drug-likeness (QED) is 0.504. The number of fused-ring (bicyclic) bond motifs is 3. The summed E-state index contributed by atoms with van der Waals surface area (Å²) in [5, 5.41) is 10.7. The number of rotatable bonds is 7. The third-order valence-corrected chi connectivity index (χ3v) is 4.70. The number of nitrogens with zero attached hydrogens (tertiary/aromatic N) is 1. The van der Waals surface area contributed by atoms with Crippen molar-refractivity contribution in [2.24, 2.45) is 0 Å². The van der Waals surface area contributed by atoms with Gasteiger partial charge in [-0.2, -0.15) is 0 Å². The SMILES string of the molecule is CC(=O)c1ccc2c(c1)c1cc(C(C)=O)ccc1n2CCCCC(=O)O. The first kappa shape index (κ1) is 17.9. The van der Waals surface area contributed by atoms with E-state index in [9.17, 15) is 14.4 Å². The lowest BCUT2D eigenvalue weighted by Crippen LogP contribution is -2.01. The summed E-state index contributed by atoms with van der Waals surface area (Å²) in [7, 11) is 0. The molecule has 0 aliphatic heterocycles. The Bertz CT molecular complexity index is 958. The number of aliphatic carboxylic acids is 1. The van der Waals surface area contributed by atoms with Crippen LogP contribution in [0.15, 0.2) is 36.4 Å². The number of ketones is 2. The number of benzene rings is 2. The highest BCUT2D eigenvalue weighted by Crippen LogP contribution is 2.31. The van der Waals surface area contributed by atoms with Crippen molar-refractivity contribution in [3.8, 4) is 0 Å². The van der Waals surface area contributed by atoms with Crippen LogP contribution in [0, 0.1) is 0 Å². The van der Waals surface area contributed by atoms with Gasteiger partial charge in [-0.25, -0.2) is 0 Å². The van der Waals surface area contributed by atoms with E-state index in [-0.39, 0.29) is 18.0 Å². The van der Waals surface area contributed by atoms with Crippen molar-refractivity contribution in [1.82, 2.24) is 4.57 Å². The van der Waals surface area contributed by atoms with Gasteiger partial charge in [-0.15, -0.1) is 0 Å². The molecule has 0 aliphatic rings. The van der Waals surface area contributed by atoms with E-state index in [1.165, 1.54) is 13.8 Å². The highest BCUT2D eigenvalue weighted by Gasteiger charge is 2.14. The second-order valence-electron chi connectivity index (χ2n) is 6.58. The molecule has 26 heavy (non-hydrogen) atoms. The van der Waals surface area contributed by atoms with Crippen molar-refractivity contribution in [1.29, 1.82) is 0 Å². The van der Waals surface area contributed by atoms with E-state index in [0.717, 1.165) is 28.2 Å². The first-order valence-electron chi connectivity index (χ1n) is 8.68. The van der Waals surface area contributed by atoms with E-state index in [2.05, 4.69) is 4.57 Å². The number of hydrogen-bond acceptors (Lipinski definition) is 3. The molecular weight excluding hydrogens is 330 g/mol. The molecule has 0 amide bonds. The fraction of sp³-hybridized carbons (Fsp3) is 0.286. The van der Waals surface area contributed by atoms with Gasteiger partial charge in [0, 0.05) is 45.9 Å². The molecule has 0 saturated carbocycles. The maximum Gasteiger partial charge on any atom is 0.303 e. The van der Waals surface area contributed by atoms with Crippen LogP contribution in [0.3, 0.4) is 0 Å². The summed E-state index contributed by atoms with van der Waals surface area (Å²) in [5.74, 6) is -0.793. The van der Waals surface area contributed by atoms with Gasteiger partial charge in [0.25, 0.3) is 0 Å². The van der Waals surface area contributed by atoms with Gasteiger partial charge in [0.15, 0.2) is 11.6 Å². The number of carbonyl (C=O) groups excluding carboxylic acids is 2. The summed E-state index contributed by atoms with van der Waals surface area (Å²) in [4.78, 5) is 34.2. The van der Waals surface area contributed by atoms with Crippen LogP contribution in [0.5, 0.6) is 0 Å². The number of hydrogen-bond donors (Lipinski definition) is 1. The minimum absolute atomic E-state index is 0.00280. The summed E-state index contributed by atoms with van der Waals surface area (Å²) in [5.41, 5.74) is 3.24. The number of unbranched alkanes of at least 4 members (excludes halogenated alkanes) is 1. The van der Waals surface area contributed by atoms with Crippen molar-refractivity contribution >= 4 is 39.3 Å². The van der Waals surface area contributed by atoms with Crippen molar-refractivity contribution in [3.63, 3.8) is 0 Å². The molecule has 3 aromatic rings. The van der Waals surface area contributed by atoms with Crippen LogP contribution in [-0.4, -0.2) is 27.2 Å². The Morgan fingerprint density at radius 2 is 1.35 bits per heavy atom. The molecule has 0 atom stereocenters. The van der Waals surface area contributed by atoms with Crippen LogP contribution in [0.25, 0.3) is 21.8 Å². The van der Waals surface area contributed by atoms with Gasteiger partial charge >= 0.3 is 5.97 Å². The summed E-state index contributed by atoms with van der Waals surface area (Å²) in [6.45, 7) is 3.76. The molecule has 134 valence electrons. The number of carboxylic acid groups (broad SMARTS) is 1. The van der Waals surface area contributed by atoms with Crippen LogP contribution in [0.4, 0.5) is 0 Å². The molecule has 0 fully saturated rings. The van der Waals surface area contributed by atoms with Crippen LogP contribution in [-0.2, 0) is 11.3 Å². The molecule has 1 heterocycles. The van der Waals surface area contributed by atoms with E-state index in [0.29, 0.717) is 24.1 Å². The molecule has 0 saturated heterocycles. The molecular formula is C21H21NO4. The summed E-state index contributed by atoms with van der Waals surface area (Å²) in [6.07, 6.45) is 1.50. The summed E-state index contributed by atoms with van der Waals surface area (Å²) >= 11 is 0. The van der Waals surface area contributed by atoms with E-state index < -0.39 is 5.97 Å². The normalized spacial score (nSPS) is 11.2. The fourth-order valence-corrected chi connectivity index (χ4v) is 3.33. The molecule has 5 nitrogen and oxygen atoms in total. The maximum absolute atomic E-state index is 11.8. The molecule has 1 aromatic heterocycles. The highest BCUT2D eigenvalue weighted by molar-refractivity contribution is 6.12. The lowest BCUT2D eigenvalue weighted by atomic mass is 10.0. The molecule has 2 aromatic carbocycles. The van der Waals surface area contributed by atoms with Gasteiger partial charge in [0.1, 0.15) is 0 Å². The van der Waals surface area contributed by atoms with E-state index >= 15 is 0 Å². The average molecular weight is 351 g/mol. The first-order valence-corrected chi connectivity index (χ1v) is 8.68. The Hall–Kier alpha value is -2.95. The van der Waals surface area contributed by atoms with Gasteiger partial charge in [0.2, 0.25) is 0 Å². The second kappa shape index (κ2) is 7.12. The summed E-state index contributed by atoms with van der Waals surface area (Å²) < 4.78 is 2.14. The van der Waals surface area contributed by atoms with Crippen molar-refractivity contribution in [3.05, 3.63) is 47.5 Å². The second-order valence-corrected chi connectivity index (χ2v) is 6.58. The van der Waals surface area contributed by atoms with E-state index in [1.807, 2.05) is 36.4 Å². The molecule has 0 spiro atoms. The van der Waals surface area contributed by atoms with Gasteiger partial charge in [-0.05, 0) is 63.1 Å². The monoisotopic (exact) mass is 351 g/mol. The lowest BCUT2D eigenvalue weighted by Gasteiger charge is -2.07. The predicted octanol–water partition coefficient (Wildman–Crippen LogP) is 4.45. The minimum atomic E-state index is -0.788. The smallest absolute Gasteiger partial charge is 0.303 e. The number of carbonyl (C=O) groups is 3. The van der Waals surface area contributed by atoms with E-state index in [1.54, 1.807) is 0 Å². The van der Waals surface area contributed by atoms with Crippen LogP contribution < -0.4 is 0 Å². The Balaban J connectivity index is 2.13. The van der Waals surface area contributed by atoms with Gasteiger partial charge in [-0.1, -0.05) is 0 Å². The zero-order valence-electron chi connectivity index (χ0n) is 14.9. The number of carboxylic acids is 1.